The average molecular weight is 355 g/mol. The molecule has 0 aliphatic rings. The normalized spacial score (nSPS) is 11.7. The van der Waals surface area contributed by atoms with Crippen molar-refractivity contribution in [3.05, 3.63) is 34.1 Å². The Balaban J connectivity index is 2.01. The van der Waals surface area contributed by atoms with Crippen molar-refractivity contribution >= 4 is 33.6 Å². The van der Waals surface area contributed by atoms with Gasteiger partial charge >= 0.3 is 12.0 Å². The molecule has 4 N–H and O–H groups in total. The number of aromatic nitrogens is 4. The van der Waals surface area contributed by atoms with E-state index in [1.165, 1.54) is 18.2 Å². The molecule has 0 bridgehead atoms. The van der Waals surface area contributed by atoms with E-state index in [0.717, 1.165) is 0 Å². The molecule has 1 aromatic heterocycles. The van der Waals surface area contributed by atoms with Gasteiger partial charge in [0.2, 0.25) is 0 Å². The van der Waals surface area contributed by atoms with Crippen molar-refractivity contribution in [2.75, 3.05) is 5.32 Å². The van der Waals surface area contributed by atoms with E-state index in [0.29, 0.717) is 16.0 Å². The van der Waals surface area contributed by atoms with Crippen LogP contribution in [-0.2, 0) is 0 Å². The van der Waals surface area contributed by atoms with Crippen LogP contribution in [0.5, 0.6) is 0 Å². The van der Waals surface area contributed by atoms with E-state index in [1.807, 2.05) is 0 Å². The lowest BCUT2D eigenvalue weighted by Crippen LogP contribution is -2.31. The van der Waals surface area contributed by atoms with Crippen LogP contribution in [-0.4, -0.2) is 37.7 Å². The quantitative estimate of drug-likeness (QED) is 0.658. The van der Waals surface area contributed by atoms with Gasteiger partial charge in [0, 0.05) is 4.47 Å². The molecule has 0 fully saturated rings. The fourth-order valence-electron chi connectivity index (χ4n) is 1.52. The summed E-state index contributed by atoms with van der Waals surface area (Å²) >= 11 is 3.20. The van der Waals surface area contributed by atoms with Crippen LogP contribution in [0.3, 0.4) is 0 Å². The standard InChI is InChI=1S/C11H11BrN6O3/c1-5(9-15-17-18-16-9)13-11(21)14-8-3-2-6(10(19)20)4-7(8)12/h2-5H,1H3,(H,19,20)(H2,13,14,21)(H,15,16,17,18). The summed E-state index contributed by atoms with van der Waals surface area (Å²) in [6.45, 7) is 1.70. The third-order valence-corrected chi connectivity index (χ3v) is 3.22. The van der Waals surface area contributed by atoms with Crippen LogP contribution in [0, 0.1) is 0 Å². The van der Waals surface area contributed by atoms with E-state index >= 15 is 0 Å². The molecule has 10 heteroatoms. The third-order valence-electron chi connectivity index (χ3n) is 2.56. The highest BCUT2D eigenvalue weighted by Crippen LogP contribution is 2.23. The van der Waals surface area contributed by atoms with Crippen molar-refractivity contribution in [2.24, 2.45) is 0 Å². The zero-order valence-corrected chi connectivity index (χ0v) is 12.4. The number of halogens is 1. The van der Waals surface area contributed by atoms with Gasteiger partial charge in [-0.05, 0) is 41.1 Å². The predicted molar refractivity (Wildman–Crippen MR) is 75.8 cm³/mol. The Morgan fingerprint density at radius 1 is 1.43 bits per heavy atom. The molecule has 0 aliphatic heterocycles. The van der Waals surface area contributed by atoms with E-state index in [9.17, 15) is 9.59 Å². The van der Waals surface area contributed by atoms with Gasteiger partial charge in [-0.1, -0.05) is 5.21 Å². The largest absolute Gasteiger partial charge is 0.478 e. The second-order valence-corrected chi connectivity index (χ2v) is 4.94. The SMILES string of the molecule is CC(NC(=O)Nc1ccc(C(=O)O)cc1Br)c1nn[nH]n1. The summed E-state index contributed by atoms with van der Waals surface area (Å²) in [6, 6.07) is 3.38. The molecule has 21 heavy (non-hydrogen) atoms. The first kappa shape index (κ1) is 14.9. The van der Waals surface area contributed by atoms with Crippen molar-refractivity contribution in [1.82, 2.24) is 25.9 Å². The molecule has 0 aliphatic carbocycles. The highest BCUT2D eigenvalue weighted by molar-refractivity contribution is 9.10. The monoisotopic (exact) mass is 354 g/mol. The van der Waals surface area contributed by atoms with E-state index in [-0.39, 0.29) is 5.56 Å². The molecule has 0 saturated carbocycles. The number of carbonyl (C=O) groups is 2. The number of hydrogen-bond donors (Lipinski definition) is 4. The van der Waals surface area contributed by atoms with Gasteiger partial charge in [0.15, 0.2) is 5.82 Å². The second kappa shape index (κ2) is 6.31. The van der Waals surface area contributed by atoms with Gasteiger partial charge in [-0.25, -0.2) is 9.59 Å². The summed E-state index contributed by atoms with van der Waals surface area (Å²) in [6.07, 6.45) is 0. The second-order valence-electron chi connectivity index (χ2n) is 4.09. The van der Waals surface area contributed by atoms with Crippen LogP contribution in [0.4, 0.5) is 10.5 Å². The molecule has 1 aromatic carbocycles. The summed E-state index contributed by atoms with van der Waals surface area (Å²) in [7, 11) is 0. The molecular weight excluding hydrogens is 344 g/mol. The maximum Gasteiger partial charge on any atom is 0.335 e. The average Bonchev–Trinajstić information content (AvgIpc) is 2.94. The molecule has 1 unspecified atom stereocenters. The predicted octanol–water partition coefficient (Wildman–Crippen LogP) is 1.54. The molecule has 0 spiro atoms. The van der Waals surface area contributed by atoms with Gasteiger partial charge in [0.25, 0.3) is 0 Å². The van der Waals surface area contributed by atoms with Gasteiger partial charge in [-0.3, -0.25) is 0 Å². The highest BCUT2D eigenvalue weighted by Gasteiger charge is 2.14. The number of carbonyl (C=O) groups excluding carboxylic acids is 1. The number of nitrogens with zero attached hydrogens (tertiary/aromatic N) is 3. The Labute approximate surface area is 127 Å². The number of urea groups is 1. The molecule has 1 atom stereocenters. The zero-order chi connectivity index (χ0) is 15.4. The summed E-state index contributed by atoms with van der Waals surface area (Å²) in [5.74, 6) is -0.692. The number of amides is 2. The van der Waals surface area contributed by atoms with Gasteiger partial charge in [-0.15, -0.1) is 10.2 Å². The van der Waals surface area contributed by atoms with Crippen molar-refractivity contribution in [3.8, 4) is 0 Å². The van der Waals surface area contributed by atoms with Gasteiger partial charge < -0.3 is 15.7 Å². The van der Waals surface area contributed by atoms with E-state index in [2.05, 4.69) is 47.2 Å². The lowest BCUT2D eigenvalue weighted by atomic mass is 10.2. The number of H-pyrrole nitrogens is 1. The number of hydrogen-bond acceptors (Lipinski definition) is 5. The Hall–Kier alpha value is -2.49. The van der Waals surface area contributed by atoms with Crippen LogP contribution in [0.15, 0.2) is 22.7 Å². The molecule has 1 heterocycles. The number of nitrogens with one attached hydrogen (secondary N) is 3. The van der Waals surface area contributed by atoms with Crippen molar-refractivity contribution in [2.45, 2.75) is 13.0 Å². The van der Waals surface area contributed by atoms with Gasteiger partial charge in [-0.2, -0.15) is 5.21 Å². The molecule has 0 radical (unpaired) electrons. The molecule has 0 saturated heterocycles. The summed E-state index contributed by atoms with van der Waals surface area (Å²) in [5, 5.41) is 27.3. The number of aromatic amines is 1. The maximum absolute atomic E-state index is 11.8. The van der Waals surface area contributed by atoms with Crippen molar-refractivity contribution < 1.29 is 14.7 Å². The Bertz CT molecular complexity index is 660. The van der Waals surface area contributed by atoms with Gasteiger partial charge in [0.1, 0.15) is 0 Å². The molecule has 2 aromatic rings. The lowest BCUT2D eigenvalue weighted by molar-refractivity contribution is 0.0697. The minimum atomic E-state index is -1.04. The molecule has 2 rings (SSSR count). The Morgan fingerprint density at radius 3 is 2.76 bits per heavy atom. The van der Waals surface area contributed by atoms with E-state index < -0.39 is 18.0 Å². The summed E-state index contributed by atoms with van der Waals surface area (Å²) in [4.78, 5) is 22.7. The topological polar surface area (TPSA) is 133 Å². The molecule has 9 nitrogen and oxygen atoms in total. The first-order valence-electron chi connectivity index (χ1n) is 5.81. The highest BCUT2D eigenvalue weighted by atomic mass is 79.9. The molecular formula is C11H11BrN6O3. The third kappa shape index (κ3) is 3.75. The Kier molecular flexibility index (Phi) is 4.48. The number of carboxylic acid groups (broad SMARTS) is 1. The van der Waals surface area contributed by atoms with Gasteiger partial charge in [0.05, 0.1) is 17.3 Å². The van der Waals surface area contributed by atoms with Crippen LogP contribution in [0.2, 0.25) is 0 Å². The number of rotatable bonds is 4. The van der Waals surface area contributed by atoms with E-state index in [1.54, 1.807) is 6.92 Å². The van der Waals surface area contributed by atoms with Crippen molar-refractivity contribution in [3.63, 3.8) is 0 Å². The number of aromatic carboxylic acids is 1. The first-order chi connectivity index (χ1) is 9.97. The van der Waals surface area contributed by atoms with Crippen molar-refractivity contribution in [1.29, 1.82) is 0 Å². The number of anilines is 1. The Morgan fingerprint density at radius 2 is 2.19 bits per heavy atom. The fourth-order valence-corrected chi connectivity index (χ4v) is 2.00. The van der Waals surface area contributed by atoms with Crippen LogP contribution < -0.4 is 10.6 Å². The van der Waals surface area contributed by atoms with Crippen LogP contribution in [0.25, 0.3) is 0 Å². The first-order valence-corrected chi connectivity index (χ1v) is 6.60. The minimum absolute atomic E-state index is 0.119. The molecule has 2 amide bonds. The smallest absolute Gasteiger partial charge is 0.335 e. The molecule has 110 valence electrons. The summed E-state index contributed by atoms with van der Waals surface area (Å²) in [5.41, 5.74) is 0.561. The van der Waals surface area contributed by atoms with Crippen LogP contribution >= 0.6 is 15.9 Å². The summed E-state index contributed by atoms with van der Waals surface area (Å²) < 4.78 is 0.463. The number of carboxylic acids is 1. The fraction of sp³-hybridized carbons (Fsp3) is 0.182. The zero-order valence-electron chi connectivity index (χ0n) is 10.8. The lowest BCUT2D eigenvalue weighted by Gasteiger charge is -2.12. The maximum atomic E-state index is 11.8. The minimum Gasteiger partial charge on any atom is -0.478 e. The van der Waals surface area contributed by atoms with Crippen LogP contribution in [0.1, 0.15) is 29.1 Å². The van der Waals surface area contributed by atoms with E-state index in [4.69, 9.17) is 5.11 Å². The number of benzene rings is 1. The number of tetrazole rings is 1.